The minimum atomic E-state index is -0.693. The molecule has 0 bridgehead atoms. The molecule has 2 rings (SSSR count). The first-order valence-electron chi connectivity index (χ1n) is 7.88. The number of hydrogen-bond acceptors (Lipinski definition) is 2. The Morgan fingerprint density at radius 3 is 2.62 bits per heavy atom. The lowest BCUT2D eigenvalue weighted by Gasteiger charge is -2.38. The van der Waals surface area contributed by atoms with Crippen LogP contribution in [-0.4, -0.2) is 5.11 Å². The molecule has 114 valence electrons. The predicted octanol–water partition coefficient (Wildman–Crippen LogP) is 5.29. The minimum Gasteiger partial charge on any atom is -0.387 e. The zero-order chi connectivity index (χ0) is 15.5. The van der Waals surface area contributed by atoms with Gasteiger partial charge in [-0.15, -0.1) is 0 Å². The van der Waals surface area contributed by atoms with Gasteiger partial charge in [0.2, 0.25) is 0 Å². The summed E-state index contributed by atoms with van der Waals surface area (Å²) in [4.78, 5) is 0. The zero-order valence-corrected chi connectivity index (χ0v) is 14.5. The Hall–Kier alpha value is -0.850. The number of aliphatic hydroxyl groups excluding tert-OH is 1. The molecule has 1 aliphatic rings. The van der Waals surface area contributed by atoms with Crippen molar-refractivity contribution >= 4 is 15.9 Å². The fourth-order valence-corrected chi connectivity index (χ4v) is 3.83. The van der Waals surface area contributed by atoms with Gasteiger partial charge in [0.1, 0.15) is 0 Å². The van der Waals surface area contributed by atoms with E-state index in [1.165, 1.54) is 12.8 Å². The lowest BCUT2D eigenvalue weighted by atomic mass is 9.66. The van der Waals surface area contributed by atoms with E-state index in [1.54, 1.807) is 0 Å². The third kappa shape index (κ3) is 3.49. The SMILES string of the molecule is CCCC1CCC(C#N)(C(O)c2ccc(C)c(Br)c2)CC1. The van der Waals surface area contributed by atoms with Gasteiger partial charge in [0.25, 0.3) is 0 Å². The number of nitrogens with zero attached hydrogens (tertiary/aromatic N) is 1. The molecule has 21 heavy (non-hydrogen) atoms. The fraction of sp³-hybridized carbons (Fsp3) is 0.611. The molecule has 0 aromatic heterocycles. The molecule has 1 saturated carbocycles. The first-order valence-corrected chi connectivity index (χ1v) is 8.67. The van der Waals surface area contributed by atoms with Crippen molar-refractivity contribution in [2.45, 2.75) is 58.5 Å². The van der Waals surface area contributed by atoms with Crippen molar-refractivity contribution in [3.63, 3.8) is 0 Å². The molecule has 0 radical (unpaired) electrons. The first kappa shape index (κ1) is 16.5. The van der Waals surface area contributed by atoms with E-state index in [-0.39, 0.29) is 0 Å². The Kier molecular flexibility index (Phi) is 5.46. The summed E-state index contributed by atoms with van der Waals surface area (Å²) in [6, 6.07) is 8.35. The van der Waals surface area contributed by atoms with Gasteiger partial charge in [0.15, 0.2) is 0 Å². The van der Waals surface area contributed by atoms with Gasteiger partial charge < -0.3 is 5.11 Å². The maximum Gasteiger partial charge on any atom is 0.0976 e. The molecule has 1 unspecified atom stereocenters. The van der Waals surface area contributed by atoms with E-state index in [1.807, 2.05) is 25.1 Å². The van der Waals surface area contributed by atoms with E-state index in [2.05, 4.69) is 28.9 Å². The van der Waals surface area contributed by atoms with Crippen molar-refractivity contribution < 1.29 is 5.11 Å². The van der Waals surface area contributed by atoms with Crippen LogP contribution in [0, 0.1) is 29.6 Å². The Balaban J connectivity index is 2.17. The maximum atomic E-state index is 10.8. The van der Waals surface area contributed by atoms with Crippen LogP contribution in [0.2, 0.25) is 0 Å². The predicted molar refractivity (Wildman–Crippen MR) is 88.8 cm³/mol. The van der Waals surface area contributed by atoms with Crippen LogP contribution in [0.15, 0.2) is 22.7 Å². The van der Waals surface area contributed by atoms with Crippen LogP contribution >= 0.6 is 15.9 Å². The molecule has 0 amide bonds. The molecule has 1 aliphatic carbocycles. The Morgan fingerprint density at radius 1 is 1.43 bits per heavy atom. The maximum absolute atomic E-state index is 10.8. The number of rotatable bonds is 4. The number of aliphatic hydroxyl groups is 1. The molecule has 3 heteroatoms. The summed E-state index contributed by atoms with van der Waals surface area (Å²) in [6.45, 7) is 4.24. The summed E-state index contributed by atoms with van der Waals surface area (Å²) in [5, 5.41) is 20.5. The van der Waals surface area contributed by atoms with Crippen LogP contribution in [0.25, 0.3) is 0 Å². The van der Waals surface area contributed by atoms with Gasteiger partial charge in [0, 0.05) is 4.47 Å². The zero-order valence-electron chi connectivity index (χ0n) is 12.9. The Morgan fingerprint density at radius 2 is 2.10 bits per heavy atom. The van der Waals surface area contributed by atoms with Crippen LogP contribution in [-0.2, 0) is 0 Å². The highest BCUT2D eigenvalue weighted by Crippen LogP contribution is 2.48. The number of benzene rings is 1. The van der Waals surface area contributed by atoms with Gasteiger partial charge in [-0.1, -0.05) is 47.8 Å². The van der Waals surface area contributed by atoms with Crippen molar-refractivity contribution in [3.8, 4) is 6.07 Å². The largest absolute Gasteiger partial charge is 0.387 e. The van der Waals surface area contributed by atoms with Crippen molar-refractivity contribution in [1.29, 1.82) is 5.26 Å². The first-order chi connectivity index (χ1) is 10.0. The summed E-state index contributed by atoms with van der Waals surface area (Å²) >= 11 is 3.51. The smallest absolute Gasteiger partial charge is 0.0976 e. The molecular weight excluding hydrogens is 326 g/mol. The van der Waals surface area contributed by atoms with E-state index in [0.717, 1.165) is 47.2 Å². The van der Waals surface area contributed by atoms with Gasteiger partial charge in [-0.25, -0.2) is 0 Å². The second-order valence-electron chi connectivity index (χ2n) is 6.41. The molecule has 0 heterocycles. The molecule has 0 aliphatic heterocycles. The molecule has 1 aromatic carbocycles. The van der Waals surface area contributed by atoms with Crippen LogP contribution in [0.5, 0.6) is 0 Å². The fourth-order valence-electron chi connectivity index (χ4n) is 3.43. The third-order valence-corrected chi connectivity index (χ3v) is 5.81. The summed E-state index contributed by atoms with van der Waals surface area (Å²) in [5.41, 5.74) is 1.38. The molecule has 1 fully saturated rings. The van der Waals surface area contributed by atoms with Crippen LogP contribution in [0.4, 0.5) is 0 Å². The Bertz CT molecular complexity index is 527. The van der Waals surface area contributed by atoms with E-state index < -0.39 is 11.5 Å². The van der Waals surface area contributed by atoms with Gasteiger partial charge in [-0.2, -0.15) is 5.26 Å². The molecule has 1 atom stereocenters. The molecule has 1 N–H and O–H groups in total. The Labute approximate surface area is 136 Å². The monoisotopic (exact) mass is 349 g/mol. The highest BCUT2D eigenvalue weighted by atomic mass is 79.9. The van der Waals surface area contributed by atoms with E-state index in [4.69, 9.17) is 0 Å². The van der Waals surface area contributed by atoms with Crippen LogP contribution in [0.1, 0.15) is 62.7 Å². The highest BCUT2D eigenvalue weighted by molar-refractivity contribution is 9.10. The van der Waals surface area contributed by atoms with Crippen LogP contribution in [0.3, 0.4) is 0 Å². The van der Waals surface area contributed by atoms with E-state index in [9.17, 15) is 10.4 Å². The second kappa shape index (κ2) is 6.94. The van der Waals surface area contributed by atoms with Gasteiger partial charge in [0.05, 0.1) is 17.6 Å². The van der Waals surface area contributed by atoms with E-state index in [0.29, 0.717) is 0 Å². The standard InChI is InChI=1S/C18H24BrNO/c1-3-4-14-7-9-18(12-20,10-8-14)17(21)15-6-5-13(2)16(19)11-15/h5-6,11,14,17,21H,3-4,7-10H2,1-2H3. The molecule has 2 nitrogen and oxygen atoms in total. The minimum absolute atomic E-state index is 0.612. The topological polar surface area (TPSA) is 44.0 Å². The molecule has 0 spiro atoms. The molecular formula is C18H24BrNO. The second-order valence-corrected chi connectivity index (χ2v) is 7.27. The average molecular weight is 350 g/mol. The summed E-state index contributed by atoms with van der Waals surface area (Å²) < 4.78 is 0.992. The number of halogens is 1. The number of hydrogen-bond donors (Lipinski definition) is 1. The third-order valence-electron chi connectivity index (χ3n) is 4.95. The lowest BCUT2D eigenvalue weighted by Crippen LogP contribution is -2.32. The number of nitriles is 1. The van der Waals surface area contributed by atoms with Crippen molar-refractivity contribution in [3.05, 3.63) is 33.8 Å². The van der Waals surface area contributed by atoms with Gasteiger partial charge in [-0.05, 0) is 55.7 Å². The average Bonchev–Trinajstić information content (AvgIpc) is 2.51. The summed E-state index contributed by atoms with van der Waals surface area (Å²) in [6.07, 6.45) is 5.49. The van der Waals surface area contributed by atoms with Crippen molar-refractivity contribution in [2.24, 2.45) is 11.3 Å². The number of aryl methyl sites for hydroxylation is 1. The summed E-state index contributed by atoms with van der Waals surface area (Å²) in [5.74, 6) is 0.730. The van der Waals surface area contributed by atoms with Crippen molar-refractivity contribution in [1.82, 2.24) is 0 Å². The highest BCUT2D eigenvalue weighted by Gasteiger charge is 2.42. The lowest BCUT2D eigenvalue weighted by molar-refractivity contribution is 0.0236. The van der Waals surface area contributed by atoms with Gasteiger partial charge in [-0.3, -0.25) is 0 Å². The molecule has 0 saturated heterocycles. The van der Waals surface area contributed by atoms with Crippen molar-refractivity contribution in [2.75, 3.05) is 0 Å². The summed E-state index contributed by atoms with van der Waals surface area (Å²) in [7, 11) is 0. The normalized spacial score (nSPS) is 27.1. The van der Waals surface area contributed by atoms with E-state index >= 15 is 0 Å². The quantitative estimate of drug-likeness (QED) is 0.802. The van der Waals surface area contributed by atoms with Crippen LogP contribution < -0.4 is 0 Å². The van der Waals surface area contributed by atoms with Gasteiger partial charge >= 0.3 is 0 Å². The molecule has 1 aromatic rings.